The molecule has 0 saturated carbocycles. The standard InChI is InChI=1S/C80H130N18O17/c1-4-6-8-9-10-11-12-13-14-15-19-34-68(100)86-42-44-112-46-48-114-53-70(102)87-43-45-113-47-49-115-54-71(103)92-65(37-38-81)77(109)95-62(30-7-5-2)74(106)96-64-36-35-58(99)28-24-40-85-39-23-22-32-61(72(82)104)93-79(111)66(50-56-52-89-60-31-21-20-29-59(56)60)97-75(107)63(33-25-41-88-80(83)84)94-73(105)55(3)90-78(110)67(98-76(64)108)51-69(101)91-57-26-17-16-18-27-57/h16-18,20-21,26-27,29,31,52,55,61-67,85,89H,4-15,19,22-25,28,30,32-51,53-54,81H2,1-3H3,(H2,82,104)(H,86,100)(H,87,102)(H,90,110)(H,91,101)(H,92,103)(H,93,111)(H,94,105)(H,95,109)(H,96,106)(H,97,107)(H,98,108)(H4,83,84,88)/t55-,61+,62+,63+,64+,65+,66+,67+/m1/s1. The molecule has 0 unspecified atom stereocenters. The number of ketones is 1. The van der Waals surface area contributed by atoms with Crippen LogP contribution in [0.4, 0.5) is 5.69 Å². The summed E-state index contributed by atoms with van der Waals surface area (Å²) in [5, 5.41) is 43.7. The van der Waals surface area contributed by atoms with Crippen LogP contribution in [0.25, 0.3) is 10.9 Å². The Hall–Kier alpha value is -9.68. The summed E-state index contributed by atoms with van der Waals surface area (Å²) < 4.78 is 21.9. The molecule has 35 nitrogen and oxygen atoms in total. The topological polar surface area (TPSA) is 533 Å². The molecule has 35 heteroatoms. The lowest BCUT2D eigenvalue weighted by atomic mass is 10.0. The third-order valence-electron chi connectivity index (χ3n) is 19.0. The Morgan fingerprint density at radius 3 is 1.80 bits per heavy atom. The van der Waals surface area contributed by atoms with Gasteiger partial charge in [0, 0.05) is 68.1 Å². The van der Waals surface area contributed by atoms with Gasteiger partial charge >= 0.3 is 0 Å². The van der Waals surface area contributed by atoms with Gasteiger partial charge in [-0.25, -0.2) is 0 Å². The maximum atomic E-state index is 14.8. The maximum Gasteiger partial charge on any atom is 0.246 e. The van der Waals surface area contributed by atoms with Gasteiger partial charge in [-0.2, -0.15) is 0 Å². The number of aromatic amines is 1. The fraction of sp³-hybridized carbons (Fsp3) is 0.650. The van der Waals surface area contributed by atoms with E-state index < -0.39 is 120 Å². The number of nitrogens with two attached hydrogens (primary N) is 3. The highest BCUT2D eigenvalue weighted by atomic mass is 16.5. The van der Waals surface area contributed by atoms with Gasteiger partial charge in [0.2, 0.25) is 70.9 Å². The lowest BCUT2D eigenvalue weighted by Gasteiger charge is -2.27. The van der Waals surface area contributed by atoms with Crippen LogP contribution in [-0.2, 0) is 87.7 Å². The van der Waals surface area contributed by atoms with Crippen molar-refractivity contribution in [3.63, 3.8) is 0 Å². The maximum absolute atomic E-state index is 14.8. The van der Waals surface area contributed by atoms with Crippen molar-refractivity contribution in [2.24, 2.45) is 17.2 Å². The minimum atomic E-state index is -1.79. The van der Waals surface area contributed by atoms with Crippen LogP contribution in [0.15, 0.2) is 60.8 Å². The van der Waals surface area contributed by atoms with E-state index in [9.17, 15) is 62.3 Å². The number of anilines is 1. The number of hydrogen-bond donors (Lipinski definition) is 18. The zero-order chi connectivity index (χ0) is 83.8. The second-order valence-corrected chi connectivity index (χ2v) is 28.7. The highest BCUT2D eigenvalue weighted by Gasteiger charge is 2.36. The Kier molecular flexibility index (Phi) is 50.2. The number of benzene rings is 2. The minimum Gasteiger partial charge on any atom is -0.377 e. The number of Topliss-reactive ketones (excluding diaryl/α,β-unsaturated/α-hetero) is 1. The van der Waals surface area contributed by atoms with Gasteiger partial charge in [-0.05, 0) is 115 Å². The first-order valence-corrected chi connectivity index (χ1v) is 41.0. The molecular formula is C80H130N18O17. The average Bonchev–Trinajstić information content (AvgIpc) is 1.71. The molecule has 8 atom stereocenters. The summed E-state index contributed by atoms with van der Waals surface area (Å²) in [4.78, 5) is 183. The van der Waals surface area contributed by atoms with E-state index in [2.05, 4.69) is 81.0 Å². The number of rotatable bonds is 48. The normalized spacial score (nSPS) is 18.5. The molecular weight excluding hydrogens is 1480 g/mol. The molecule has 0 radical (unpaired) electrons. The van der Waals surface area contributed by atoms with Crippen molar-refractivity contribution in [2.45, 2.75) is 242 Å². The van der Waals surface area contributed by atoms with E-state index in [-0.39, 0.29) is 141 Å². The third kappa shape index (κ3) is 43.0. The summed E-state index contributed by atoms with van der Waals surface area (Å²) in [5.41, 5.74) is 19.0. The molecule has 115 heavy (non-hydrogen) atoms. The number of amides is 12. The van der Waals surface area contributed by atoms with Crippen LogP contribution in [0.3, 0.4) is 0 Å². The van der Waals surface area contributed by atoms with Gasteiger partial charge in [0.05, 0.1) is 46.1 Å². The molecule has 642 valence electrons. The van der Waals surface area contributed by atoms with Crippen LogP contribution in [0.5, 0.6) is 0 Å². The van der Waals surface area contributed by atoms with Gasteiger partial charge < -0.3 is 110 Å². The second-order valence-electron chi connectivity index (χ2n) is 28.7. The number of hydrogen-bond acceptors (Lipinski definition) is 20. The molecule has 1 aliphatic rings. The van der Waals surface area contributed by atoms with Crippen LogP contribution in [0.2, 0.25) is 0 Å². The zero-order valence-corrected chi connectivity index (χ0v) is 67.6. The fourth-order valence-electron chi connectivity index (χ4n) is 12.5. The minimum absolute atomic E-state index is 0.00930. The number of guanidine groups is 1. The van der Waals surface area contributed by atoms with Gasteiger partial charge in [0.15, 0.2) is 5.96 Å². The Labute approximate surface area is 675 Å². The van der Waals surface area contributed by atoms with E-state index in [1.165, 1.54) is 58.3 Å². The number of para-hydroxylation sites is 2. The molecule has 2 heterocycles. The largest absolute Gasteiger partial charge is 0.377 e. The van der Waals surface area contributed by atoms with Gasteiger partial charge in [0.25, 0.3) is 0 Å². The van der Waals surface area contributed by atoms with Crippen molar-refractivity contribution in [3.8, 4) is 0 Å². The van der Waals surface area contributed by atoms with Crippen LogP contribution < -0.4 is 86.3 Å². The molecule has 1 aliphatic heterocycles. The molecule has 4 rings (SSSR count). The predicted octanol–water partition coefficient (Wildman–Crippen LogP) is 1.83. The molecule has 1 aromatic heterocycles. The molecule has 0 bridgehead atoms. The molecule has 2 aromatic carbocycles. The number of primary amides is 1. The summed E-state index contributed by atoms with van der Waals surface area (Å²) >= 11 is 0. The van der Waals surface area contributed by atoms with Gasteiger partial charge in [0.1, 0.15) is 67.3 Å². The first-order chi connectivity index (χ1) is 55.5. The van der Waals surface area contributed by atoms with Crippen LogP contribution in [-0.4, -0.2) is 228 Å². The van der Waals surface area contributed by atoms with Gasteiger partial charge in [-0.15, -0.1) is 0 Å². The lowest BCUT2D eigenvalue weighted by molar-refractivity contribution is -0.136. The van der Waals surface area contributed by atoms with E-state index in [1.54, 1.807) is 42.6 Å². The summed E-state index contributed by atoms with van der Waals surface area (Å²) in [5.74, 6) is -9.62. The smallest absolute Gasteiger partial charge is 0.246 e. The molecule has 21 N–H and O–H groups in total. The highest BCUT2D eigenvalue weighted by molar-refractivity contribution is 6.01. The van der Waals surface area contributed by atoms with E-state index in [0.717, 1.165) is 30.2 Å². The molecule has 3 aromatic rings. The first-order valence-electron chi connectivity index (χ1n) is 41.0. The van der Waals surface area contributed by atoms with Crippen molar-refractivity contribution < 1.29 is 81.3 Å². The SMILES string of the molecule is CCCCCCCCCCCCCC(=O)NCCOCCOCC(=O)NCCOCCOCC(=O)N[C@@H](CCN)C(=O)N[C@@H](CCCC)C(=O)N[C@H]1CCC(=O)CCCNCCCC[C@@H](C(N)=O)NC(=O)[C@H](Cc2c[nH]c3ccccc23)NC(=O)[C@H](CCCNC(=N)N)NC(=O)[C@@H](C)NC(=O)[C@H](CC(=O)Nc2ccccc2)NC1=O. The number of aromatic nitrogens is 1. The Balaban J connectivity index is 1.40. The predicted molar refractivity (Wildman–Crippen MR) is 435 cm³/mol. The quantitative estimate of drug-likeness (QED) is 0.0218. The first kappa shape index (κ1) is 97.7. The van der Waals surface area contributed by atoms with E-state index in [4.69, 9.17) is 41.6 Å². The van der Waals surface area contributed by atoms with Crippen molar-refractivity contribution in [3.05, 3.63) is 66.4 Å². The molecule has 12 amide bonds. The number of H-pyrrole nitrogens is 1. The van der Waals surface area contributed by atoms with E-state index in [1.807, 2.05) is 25.1 Å². The van der Waals surface area contributed by atoms with Crippen LogP contribution >= 0.6 is 0 Å². The molecule has 1 fully saturated rings. The van der Waals surface area contributed by atoms with Gasteiger partial charge in [-0.1, -0.05) is 127 Å². The van der Waals surface area contributed by atoms with Crippen molar-refractivity contribution >= 4 is 99.2 Å². The molecule has 1 saturated heterocycles. The third-order valence-corrected chi connectivity index (χ3v) is 19.0. The number of carbonyl (C=O) groups excluding carboxylic acids is 13. The van der Waals surface area contributed by atoms with Crippen molar-refractivity contribution in [1.29, 1.82) is 5.41 Å². The van der Waals surface area contributed by atoms with E-state index in [0.29, 0.717) is 76.0 Å². The van der Waals surface area contributed by atoms with Crippen molar-refractivity contribution in [1.82, 2.24) is 68.8 Å². The lowest BCUT2D eigenvalue weighted by Crippen LogP contribution is -2.60. The number of ether oxygens (including phenoxy) is 4. The summed E-state index contributed by atoms with van der Waals surface area (Å²) in [6.45, 7) is 6.93. The number of carbonyl (C=O) groups is 13. The summed E-state index contributed by atoms with van der Waals surface area (Å²) in [6, 6.07) is 4.01. The molecule has 0 spiro atoms. The van der Waals surface area contributed by atoms with Gasteiger partial charge in [-0.3, -0.25) is 67.7 Å². The van der Waals surface area contributed by atoms with Crippen molar-refractivity contribution in [2.75, 3.05) is 97.4 Å². The van der Waals surface area contributed by atoms with E-state index >= 15 is 0 Å². The zero-order valence-electron chi connectivity index (χ0n) is 67.6. The Morgan fingerprint density at radius 1 is 0.539 bits per heavy atom. The summed E-state index contributed by atoms with van der Waals surface area (Å²) in [7, 11) is 0. The second kappa shape index (κ2) is 59.1. The number of nitrogens with one attached hydrogen (secondary N) is 15. The monoisotopic (exact) mass is 1610 g/mol. The number of unbranched alkanes of at least 4 members (excludes halogenated alkanes) is 11. The Bertz CT molecular complexity index is 3460. The fourth-order valence-corrected chi connectivity index (χ4v) is 12.5. The number of fused-ring (bicyclic) bond motifs is 1. The molecule has 0 aliphatic carbocycles. The highest BCUT2D eigenvalue weighted by Crippen LogP contribution is 2.21. The Morgan fingerprint density at radius 2 is 1.13 bits per heavy atom. The average molecular weight is 1620 g/mol. The van der Waals surface area contributed by atoms with Crippen LogP contribution in [0, 0.1) is 5.41 Å². The summed E-state index contributed by atoms with van der Waals surface area (Å²) in [6.07, 6.45) is 16.5. The van der Waals surface area contributed by atoms with Crippen LogP contribution in [0.1, 0.15) is 193 Å².